The van der Waals surface area contributed by atoms with Gasteiger partial charge in [-0.25, -0.2) is 0 Å². The molecular formula is C8H5BrF3NO3. The van der Waals surface area contributed by atoms with Crippen molar-refractivity contribution in [1.29, 1.82) is 0 Å². The molecule has 0 aliphatic heterocycles. The zero-order chi connectivity index (χ0) is 12.5. The molecule has 0 unspecified atom stereocenters. The fourth-order valence-electron chi connectivity index (χ4n) is 1.02. The zero-order valence-corrected chi connectivity index (χ0v) is 9.42. The zero-order valence-electron chi connectivity index (χ0n) is 7.84. The molecule has 0 atom stereocenters. The van der Waals surface area contributed by atoms with Crippen LogP contribution in [-0.2, 0) is 0 Å². The first-order valence-corrected chi connectivity index (χ1v) is 4.70. The molecule has 0 bridgehead atoms. The van der Waals surface area contributed by atoms with E-state index >= 15 is 0 Å². The maximum absolute atomic E-state index is 11.9. The summed E-state index contributed by atoms with van der Waals surface area (Å²) >= 11 is 2.92. The fourth-order valence-corrected chi connectivity index (χ4v) is 1.45. The molecule has 0 aliphatic carbocycles. The van der Waals surface area contributed by atoms with Crippen molar-refractivity contribution in [3.05, 3.63) is 32.3 Å². The molecule has 8 heteroatoms. The van der Waals surface area contributed by atoms with E-state index in [1.54, 1.807) is 0 Å². The normalized spacial score (nSPS) is 11.3. The molecule has 88 valence electrons. The number of halogens is 4. The van der Waals surface area contributed by atoms with Crippen LogP contribution in [0, 0.1) is 17.0 Å². The number of ether oxygens (including phenoxy) is 1. The third-order valence-corrected chi connectivity index (χ3v) is 2.54. The highest BCUT2D eigenvalue weighted by atomic mass is 79.9. The second-order valence-corrected chi connectivity index (χ2v) is 3.71. The van der Waals surface area contributed by atoms with Crippen LogP contribution in [0.4, 0.5) is 18.9 Å². The second-order valence-electron chi connectivity index (χ2n) is 2.85. The molecule has 1 rings (SSSR count). The van der Waals surface area contributed by atoms with Crippen LogP contribution in [0.1, 0.15) is 5.56 Å². The van der Waals surface area contributed by atoms with Crippen molar-refractivity contribution in [2.45, 2.75) is 13.3 Å². The molecule has 0 saturated carbocycles. The quantitative estimate of drug-likeness (QED) is 0.620. The first kappa shape index (κ1) is 12.8. The topological polar surface area (TPSA) is 52.4 Å². The van der Waals surface area contributed by atoms with E-state index in [-0.39, 0.29) is 10.0 Å². The van der Waals surface area contributed by atoms with E-state index in [1.807, 2.05) is 0 Å². The maximum atomic E-state index is 11.9. The number of hydrogen-bond acceptors (Lipinski definition) is 3. The highest BCUT2D eigenvalue weighted by Crippen LogP contribution is 2.33. The molecule has 0 radical (unpaired) electrons. The van der Waals surface area contributed by atoms with Crippen LogP contribution in [0.5, 0.6) is 5.75 Å². The Morgan fingerprint density at radius 1 is 1.44 bits per heavy atom. The van der Waals surface area contributed by atoms with E-state index in [2.05, 4.69) is 20.7 Å². The van der Waals surface area contributed by atoms with E-state index in [1.165, 1.54) is 6.92 Å². The molecule has 0 spiro atoms. The van der Waals surface area contributed by atoms with Crippen molar-refractivity contribution in [3.63, 3.8) is 0 Å². The van der Waals surface area contributed by atoms with Gasteiger partial charge in [0.1, 0.15) is 5.75 Å². The Kier molecular flexibility index (Phi) is 3.41. The maximum Gasteiger partial charge on any atom is 0.573 e. The van der Waals surface area contributed by atoms with Crippen molar-refractivity contribution in [1.82, 2.24) is 0 Å². The minimum absolute atomic E-state index is 0.181. The fraction of sp³-hybridized carbons (Fsp3) is 0.250. The van der Waals surface area contributed by atoms with Gasteiger partial charge in [0.05, 0.1) is 11.0 Å². The summed E-state index contributed by atoms with van der Waals surface area (Å²) in [4.78, 5) is 9.77. The molecule has 0 heterocycles. The average molecular weight is 300 g/mol. The smallest absolute Gasteiger partial charge is 0.405 e. The molecule has 0 amide bonds. The summed E-state index contributed by atoms with van der Waals surface area (Å²) in [6.45, 7) is 1.42. The van der Waals surface area contributed by atoms with Gasteiger partial charge in [0.25, 0.3) is 5.69 Å². The van der Waals surface area contributed by atoms with Crippen molar-refractivity contribution < 1.29 is 22.8 Å². The third-order valence-electron chi connectivity index (χ3n) is 1.72. The van der Waals surface area contributed by atoms with Crippen molar-refractivity contribution in [2.75, 3.05) is 0 Å². The molecule has 0 saturated heterocycles. The van der Waals surface area contributed by atoms with Gasteiger partial charge < -0.3 is 4.74 Å². The van der Waals surface area contributed by atoms with Gasteiger partial charge in [-0.15, -0.1) is 13.2 Å². The second kappa shape index (κ2) is 4.28. The lowest BCUT2D eigenvalue weighted by Gasteiger charge is -2.10. The molecule has 0 N–H and O–H groups in total. The van der Waals surface area contributed by atoms with Crippen molar-refractivity contribution in [3.8, 4) is 5.75 Å². The number of alkyl halides is 3. The molecule has 1 aromatic rings. The summed E-state index contributed by atoms with van der Waals surface area (Å²) < 4.78 is 39.5. The Bertz CT molecular complexity index is 433. The minimum Gasteiger partial charge on any atom is -0.405 e. The first-order valence-electron chi connectivity index (χ1n) is 3.91. The van der Waals surface area contributed by atoms with Gasteiger partial charge >= 0.3 is 6.36 Å². The summed E-state index contributed by atoms with van der Waals surface area (Å²) in [6, 6.07) is 1.75. The number of benzene rings is 1. The molecule has 16 heavy (non-hydrogen) atoms. The van der Waals surface area contributed by atoms with E-state index < -0.39 is 22.7 Å². The van der Waals surface area contributed by atoms with E-state index in [0.717, 1.165) is 12.1 Å². The van der Waals surface area contributed by atoms with Gasteiger partial charge in [0, 0.05) is 10.0 Å². The predicted molar refractivity (Wildman–Crippen MR) is 52.2 cm³/mol. The lowest BCUT2D eigenvalue weighted by molar-refractivity contribution is -0.385. The SMILES string of the molecule is Cc1c(Br)cc(OC(F)(F)F)cc1[N+](=O)[O-]. The van der Waals surface area contributed by atoms with Gasteiger partial charge in [0.15, 0.2) is 0 Å². The standard InChI is InChI=1S/C8H5BrF3NO3/c1-4-6(9)2-5(16-8(10,11)12)3-7(4)13(14)15/h2-3H,1H3. The van der Waals surface area contributed by atoms with Gasteiger partial charge in [-0.3, -0.25) is 10.1 Å². The Labute approximate surface area is 96.3 Å². The van der Waals surface area contributed by atoms with Crippen LogP contribution in [-0.4, -0.2) is 11.3 Å². The average Bonchev–Trinajstić information content (AvgIpc) is 2.07. The first-order chi connectivity index (χ1) is 7.20. The monoisotopic (exact) mass is 299 g/mol. The van der Waals surface area contributed by atoms with Crippen molar-refractivity contribution >= 4 is 21.6 Å². The summed E-state index contributed by atoms with van der Waals surface area (Å²) in [7, 11) is 0. The lowest BCUT2D eigenvalue weighted by atomic mass is 10.2. The minimum atomic E-state index is -4.87. The van der Waals surface area contributed by atoms with Crippen LogP contribution in [0.25, 0.3) is 0 Å². The Morgan fingerprint density at radius 3 is 2.44 bits per heavy atom. The Hall–Kier alpha value is -1.31. The largest absolute Gasteiger partial charge is 0.573 e. The van der Waals surface area contributed by atoms with Gasteiger partial charge in [-0.05, 0) is 13.0 Å². The van der Waals surface area contributed by atoms with Crippen LogP contribution in [0.15, 0.2) is 16.6 Å². The molecule has 0 fully saturated rings. The van der Waals surface area contributed by atoms with Gasteiger partial charge in [0.2, 0.25) is 0 Å². The molecule has 4 nitrogen and oxygen atoms in total. The number of nitro benzene ring substituents is 1. The van der Waals surface area contributed by atoms with E-state index in [9.17, 15) is 23.3 Å². The Morgan fingerprint density at radius 2 is 2.00 bits per heavy atom. The van der Waals surface area contributed by atoms with E-state index in [0.29, 0.717) is 0 Å². The Balaban J connectivity index is 3.19. The van der Waals surface area contributed by atoms with Crippen LogP contribution in [0.2, 0.25) is 0 Å². The molecular weight excluding hydrogens is 295 g/mol. The summed E-state index contributed by atoms with van der Waals surface area (Å²) in [5.41, 5.74) is -0.201. The van der Waals surface area contributed by atoms with Crippen LogP contribution >= 0.6 is 15.9 Å². The van der Waals surface area contributed by atoms with Crippen LogP contribution in [0.3, 0.4) is 0 Å². The predicted octanol–water partition coefficient (Wildman–Crippen LogP) is 3.56. The summed E-state index contributed by atoms with van der Waals surface area (Å²) in [5.74, 6) is -0.628. The number of hydrogen-bond donors (Lipinski definition) is 0. The number of rotatable bonds is 2. The van der Waals surface area contributed by atoms with E-state index in [4.69, 9.17) is 0 Å². The van der Waals surface area contributed by atoms with Crippen LogP contribution < -0.4 is 4.74 Å². The van der Waals surface area contributed by atoms with Crippen molar-refractivity contribution in [2.24, 2.45) is 0 Å². The highest BCUT2D eigenvalue weighted by Gasteiger charge is 2.32. The third kappa shape index (κ3) is 3.09. The molecule has 1 aromatic carbocycles. The highest BCUT2D eigenvalue weighted by molar-refractivity contribution is 9.10. The van der Waals surface area contributed by atoms with Gasteiger partial charge in [-0.1, -0.05) is 15.9 Å². The molecule has 0 aliphatic rings. The number of nitro groups is 1. The lowest BCUT2D eigenvalue weighted by Crippen LogP contribution is -2.17. The van der Waals surface area contributed by atoms with Gasteiger partial charge in [-0.2, -0.15) is 0 Å². The summed E-state index contributed by atoms with van der Waals surface area (Å²) in [5, 5.41) is 10.5. The summed E-state index contributed by atoms with van der Waals surface area (Å²) in [6.07, 6.45) is -4.87. The number of nitrogens with zero attached hydrogens (tertiary/aromatic N) is 1. The molecule has 0 aromatic heterocycles.